The van der Waals surface area contributed by atoms with E-state index in [9.17, 15) is 0 Å². The minimum atomic E-state index is 0.0501. The van der Waals surface area contributed by atoms with Gasteiger partial charge < -0.3 is 9.84 Å². The molecule has 0 radical (unpaired) electrons. The number of aliphatic hydroxyl groups is 1. The molecule has 0 aliphatic carbocycles. The molecule has 0 spiro atoms. The van der Waals surface area contributed by atoms with Crippen LogP contribution in [0, 0.1) is 12.1 Å². The Morgan fingerprint density at radius 2 is 2.31 bits per heavy atom. The second-order valence-electron chi connectivity index (χ2n) is 2.54. The monoisotopic (exact) mass is 176 g/mol. The van der Waals surface area contributed by atoms with Crippen molar-refractivity contribution in [3.05, 3.63) is 42.0 Å². The van der Waals surface area contributed by atoms with Crippen molar-refractivity contribution in [1.29, 1.82) is 0 Å². The molecule has 0 heterocycles. The maximum absolute atomic E-state index is 8.47. The van der Waals surface area contributed by atoms with Crippen LogP contribution >= 0.6 is 0 Å². The maximum Gasteiger partial charge on any atom is 0.0796 e. The minimum Gasteiger partial charge on any atom is -0.394 e. The summed E-state index contributed by atoms with van der Waals surface area (Å²) < 4.78 is 5.12. The number of hydrogen-bond acceptors (Lipinski definition) is 2. The molecule has 0 unspecified atom stereocenters. The normalized spacial score (nSPS) is 9.31. The van der Waals surface area contributed by atoms with Gasteiger partial charge >= 0.3 is 0 Å². The topological polar surface area (TPSA) is 29.5 Å². The first-order valence-electron chi connectivity index (χ1n) is 4.10. The van der Waals surface area contributed by atoms with Gasteiger partial charge in [-0.25, -0.2) is 0 Å². The van der Waals surface area contributed by atoms with Gasteiger partial charge in [-0.3, -0.25) is 0 Å². The van der Waals surface area contributed by atoms with Crippen LogP contribution in [-0.4, -0.2) is 18.3 Å². The molecule has 1 aromatic rings. The van der Waals surface area contributed by atoms with Gasteiger partial charge in [-0.2, -0.15) is 0 Å². The zero-order valence-electron chi connectivity index (χ0n) is 7.42. The van der Waals surface area contributed by atoms with Crippen LogP contribution in [0.5, 0.6) is 0 Å². The van der Waals surface area contributed by atoms with Gasteiger partial charge in [0, 0.05) is 11.1 Å². The van der Waals surface area contributed by atoms with Crippen molar-refractivity contribution < 1.29 is 9.84 Å². The molecule has 2 nitrogen and oxygen atoms in total. The summed E-state index contributed by atoms with van der Waals surface area (Å²) in [6, 6.07) is 9.68. The second-order valence-corrected chi connectivity index (χ2v) is 2.54. The molecule has 0 saturated heterocycles. The largest absolute Gasteiger partial charge is 0.394 e. The molecule has 1 rings (SSSR count). The average Bonchev–Trinajstić information content (AvgIpc) is 2.19. The second kappa shape index (κ2) is 5.36. The zero-order valence-corrected chi connectivity index (χ0v) is 7.42. The zero-order chi connectivity index (χ0) is 9.52. The lowest BCUT2D eigenvalue weighted by Crippen LogP contribution is -1.98. The van der Waals surface area contributed by atoms with Crippen LogP contribution in [-0.2, 0) is 11.3 Å². The summed E-state index contributed by atoms with van der Waals surface area (Å²) in [5.41, 5.74) is 1.85. The quantitative estimate of drug-likeness (QED) is 0.688. The highest BCUT2D eigenvalue weighted by Crippen LogP contribution is 2.00. The molecule has 0 bridgehead atoms. The van der Waals surface area contributed by atoms with Gasteiger partial charge in [-0.05, 0) is 12.1 Å². The van der Waals surface area contributed by atoms with E-state index in [1.165, 1.54) is 0 Å². The van der Waals surface area contributed by atoms with Crippen LogP contribution in [0.1, 0.15) is 11.1 Å². The van der Waals surface area contributed by atoms with E-state index in [0.717, 1.165) is 11.1 Å². The molecule has 1 N–H and O–H groups in total. The highest BCUT2D eigenvalue weighted by atomic mass is 16.5. The van der Waals surface area contributed by atoms with Crippen molar-refractivity contribution in [3.8, 4) is 0 Å². The van der Waals surface area contributed by atoms with Crippen molar-refractivity contribution in [3.63, 3.8) is 0 Å². The van der Waals surface area contributed by atoms with E-state index in [-0.39, 0.29) is 6.61 Å². The third-order valence-electron chi connectivity index (χ3n) is 1.54. The van der Waals surface area contributed by atoms with Gasteiger partial charge in [0.15, 0.2) is 0 Å². The predicted octanol–water partition coefficient (Wildman–Crippen LogP) is 1.44. The smallest absolute Gasteiger partial charge is 0.0796 e. The molecule has 0 aliphatic heterocycles. The Hall–Kier alpha value is -1.30. The highest BCUT2D eigenvalue weighted by Gasteiger charge is 1.91. The third kappa shape index (κ3) is 3.29. The van der Waals surface area contributed by atoms with Crippen LogP contribution in [0.15, 0.2) is 18.7 Å². The van der Waals surface area contributed by atoms with E-state index in [0.29, 0.717) is 13.2 Å². The fraction of sp³-hybridized carbons (Fsp3) is 0.273. The Morgan fingerprint density at radius 1 is 1.46 bits per heavy atom. The molecule has 0 atom stereocenters. The summed E-state index contributed by atoms with van der Waals surface area (Å²) in [6.07, 6.45) is 1.72. The van der Waals surface area contributed by atoms with E-state index in [1.807, 2.05) is 12.1 Å². The predicted molar refractivity (Wildman–Crippen MR) is 50.9 cm³/mol. The molecule has 2 heteroatoms. The van der Waals surface area contributed by atoms with Gasteiger partial charge in [0.25, 0.3) is 0 Å². The van der Waals surface area contributed by atoms with Crippen molar-refractivity contribution in [2.24, 2.45) is 0 Å². The number of aliphatic hydroxyl groups excluding tert-OH is 1. The lowest BCUT2D eigenvalue weighted by atomic mass is 10.2. The lowest BCUT2D eigenvalue weighted by molar-refractivity contribution is 0.0815. The Labute approximate surface area is 78.5 Å². The molecular weight excluding hydrogens is 164 g/mol. The van der Waals surface area contributed by atoms with E-state index in [1.54, 1.807) is 6.08 Å². The van der Waals surface area contributed by atoms with E-state index < -0.39 is 0 Å². The number of hydrogen-bond donors (Lipinski definition) is 1. The van der Waals surface area contributed by atoms with Crippen LogP contribution in [0.3, 0.4) is 0 Å². The third-order valence-corrected chi connectivity index (χ3v) is 1.54. The highest BCUT2D eigenvalue weighted by molar-refractivity contribution is 5.44. The molecule has 0 aromatic heterocycles. The minimum absolute atomic E-state index is 0.0501. The summed E-state index contributed by atoms with van der Waals surface area (Å²) in [6.45, 7) is 4.50. The van der Waals surface area contributed by atoms with Crippen LogP contribution in [0.4, 0.5) is 0 Å². The first-order valence-corrected chi connectivity index (χ1v) is 4.10. The van der Waals surface area contributed by atoms with Crippen molar-refractivity contribution in [1.82, 2.24) is 0 Å². The molecule has 13 heavy (non-hydrogen) atoms. The van der Waals surface area contributed by atoms with E-state index in [4.69, 9.17) is 9.84 Å². The Morgan fingerprint density at radius 3 is 2.85 bits per heavy atom. The summed E-state index contributed by atoms with van der Waals surface area (Å²) in [5, 5.41) is 8.47. The molecule has 0 fully saturated rings. The van der Waals surface area contributed by atoms with Gasteiger partial charge in [0.1, 0.15) is 0 Å². The Kier molecular flexibility index (Phi) is 4.04. The fourth-order valence-corrected chi connectivity index (χ4v) is 0.876. The van der Waals surface area contributed by atoms with Crippen molar-refractivity contribution in [2.45, 2.75) is 6.61 Å². The summed E-state index contributed by atoms with van der Waals surface area (Å²) >= 11 is 0. The van der Waals surface area contributed by atoms with Crippen LogP contribution < -0.4 is 0 Å². The van der Waals surface area contributed by atoms with Gasteiger partial charge in [-0.1, -0.05) is 24.8 Å². The Balaban J connectivity index is 2.44. The van der Waals surface area contributed by atoms with Crippen molar-refractivity contribution >= 4 is 6.08 Å². The van der Waals surface area contributed by atoms with Crippen LogP contribution in [0.2, 0.25) is 0 Å². The van der Waals surface area contributed by atoms with Gasteiger partial charge in [-0.15, -0.1) is 0 Å². The number of ether oxygens (including phenoxy) is 1. The van der Waals surface area contributed by atoms with Gasteiger partial charge in [0.2, 0.25) is 0 Å². The molecule has 1 aromatic carbocycles. The molecule has 0 aliphatic rings. The van der Waals surface area contributed by atoms with E-state index in [2.05, 4.69) is 18.7 Å². The lowest BCUT2D eigenvalue weighted by Gasteiger charge is -1.99. The number of rotatable bonds is 5. The standard InChI is InChI=1S/C11H12O2/c1-2-10-3-5-11(6-4-10)9-13-8-7-12/h2-3,5,12H,1,7-9H2. The van der Waals surface area contributed by atoms with Crippen LogP contribution in [0.25, 0.3) is 6.08 Å². The first-order chi connectivity index (χ1) is 6.36. The summed E-state index contributed by atoms with van der Waals surface area (Å²) in [5.74, 6) is 0. The maximum atomic E-state index is 8.47. The summed E-state index contributed by atoms with van der Waals surface area (Å²) in [7, 11) is 0. The summed E-state index contributed by atoms with van der Waals surface area (Å²) in [4.78, 5) is 0. The first kappa shape index (κ1) is 9.79. The molecular formula is C11H12O2. The Bertz CT molecular complexity index is 251. The molecule has 68 valence electrons. The fourth-order valence-electron chi connectivity index (χ4n) is 0.876. The molecule has 0 saturated carbocycles. The van der Waals surface area contributed by atoms with E-state index >= 15 is 0 Å². The SMILES string of the molecule is C=Cc1c#cc(COCCO)cc1. The van der Waals surface area contributed by atoms with Gasteiger partial charge in [0.05, 0.1) is 19.8 Å². The average molecular weight is 176 g/mol. The van der Waals surface area contributed by atoms with Crippen molar-refractivity contribution in [2.75, 3.05) is 13.2 Å². The molecule has 0 amide bonds.